The number of nitrogen functional groups attached to an aromatic ring is 1. The van der Waals surface area contributed by atoms with Gasteiger partial charge in [0.1, 0.15) is 0 Å². The summed E-state index contributed by atoms with van der Waals surface area (Å²) in [6, 6.07) is 0. The van der Waals surface area contributed by atoms with Gasteiger partial charge in [-0.1, -0.05) is 0 Å². The van der Waals surface area contributed by atoms with Crippen LogP contribution in [0.4, 0.5) is 5.69 Å². The average Bonchev–Trinajstić information content (AvgIpc) is 2.94. The molecular weight excluding hydrogens is 338 g/mol. The third kappa shape index (κ3) is 3.10. The normalized spacial score (nSPS) is 10.9. The summed E-state index contributed by atoms with van der Waals surface area (Å²) < 4.78 is 9.37. The van der Waals surface area contributed by atoms with Crippen molar-refractivity contribution in [3.63, 3.8) is 0 Å². The van der Waals surface area contributed by atoms with E-state index < -0.39 is 5.97 Å². The first kappa shape index (κ1) is 15.6. The molecule has 0 saturated carbocycles. The van der Waals surface area contributed by atoms with Crippen LogP contribution < -0.4 is 5.73 Å². The molecule has 2 heterocycles. The molecule has 2 aromatic heterocycles. The first-order valence-electron chi connectivity index (χ1n) is 6.69. The van der Waals surface area contributed by atoms with Crippen LogP contribution in [0.25, 0.3) is 0 Å². The smallest absolute Gasteiger partial charge is 0.361 e. The number of ether oxygens (including phenoxy) is 1. The molecule has 0 aliphatic carbocycles. The lowest BCUT2D eigenvalue weighted by molar-refractivity contribution is 0.0519. The van der Waals surface area contributed by atoms with Crippen molar-refractivity contribution in [2.45, 2.75) is 33.9 Å². The summed E-state index contributed by atoms with van der Waals surface area (Å²) in [6.45, 7) is 7.20. The van der Waals surface area contributed by atoms with Crippen LogP contribution in [0.2, 0.25) is 0 Å². The maximum atomic E-state index is 11.7. The van der Waals surface area contributed by atoms with E-state index in [1.807, 2.05) is 18.5 Å². The molecule has 7 nitrogen and oxygen atoms in total. The number of rotatable bonds is 5. The van der Waals surface area contributed by atoms with E-state index in [0.717, 1.165) is 22.4 Å². The van der Waals surface area contributed by atoms with E-state index in [1.54, 1.807) is 17.8 Å². The SMILES string of the molecule is CCOC(=O)c1nn(Cc2c(Br)c(C)nn2CC)cc1N. The second kappa shape index (κ2) is 6.30. The van der Waals surface area contributed by atoms with Crippen molar-refractivity contribution in [1.29, 1.82) is 0 Å². The number of nitrogens with zero attached hydrogens (tertiary/aromatic N) is 4. The lowest BCUT2D eigenvalue weighted by Gasteiger charge is -2.05. The quantitative estimate of drug-likeness (QED) is 0.828. The Morgan fingerprint density at radius 3 is 2.76 bits per heavy atom. The molecule has 0 saturated heterocycles. The minimum absolute atomic E-state index is 0.146. The standard InChI is InChI=1S/C13H18BrN5O2/c1-4-19-10(11(14)8(3)16-19)7-18-6-9(15)12(17-18)13(20)21-5-2/h6H,4-5,7,15H2,1-3H3. The molecule has 0 aliphatic rings. The van der Waals surface area contributed by atoms with Crippen molar-refractivity contribution in [2.75, 3.05) is 12.3 Å². The predicted octanol–water partition coefficient (Wildman–Crippen LogP) is 1.98. The van der Waals surface area contributed by atoms with E-state index in [9.17, 15) is 4.79 Å². The van der Waals surface area contributed by atoms with Gasteiger partial charge in [-0.3, -0.25) is 9.36 Å². The van der Waals surface area contributed by atoms with Crippen molar-refractivity contribution in [1.82, 2.24) is 19.6 Å². The number of aromatic nitrogens is 4. The Kier molecular flexibility index (Phi) is 4.66. The third-order valence-electron chi connectivity index (χ3n) is 3.02. The monoisotopic (exact) mass is 355 g/mol. The number of hydrogen-bond donors (Lipinski definition) is 1. The van der Waals surface area contributed by atoms with Crippen molar-refractivity contribution in [2.24, 2.45) is 0 Å². The van der Waals surface area contributed by atoms with Gasteiger partial charge in [-0.2, -0.15) is 10.2 Å². The van der Waals surface area contributed by atoms with Gasteiger partial charge in [-0.25, -0.2) is 4.79 Å². The molecule has 0 radical (unpaired) electrons. The molecule has 0 atom stereocenters. The molecule has 2 rings (SSSR count). The minimum atomic E-state index is -0.506. The molecule has 0 bridgehead atoms. The number of nitrogens with two attached hydrogens (primary N) is 1. The number of carbonyl (C=O) groups is 1. The summed E-state index contributed by atoms with van der Waals surface area (Å²) in [7, 11) is 0. The predicted molar refractivity (Wildman–Crippen MR) is 82.0 cm³/mol. The van der Waals surface area contributed by atoms with Crippen LogP contribution in [0.15, 0.2) is 10.7 Å². The van der Waals surface area contributed by atoms with Crippen LogP contribution in [0, 0.1) is 6.92 Å². The topological polar surface area (TPSA) is 88.0 Å². The van der Waals surface area contributed by atoms with Gasteiger partial charge in [-0.15, -0.1) is 0 Å². The molecule has 8 heteroatoms. The Morgan fingerprint density at radius 2 is 2.14 bits per heavy atom. The van der Waals surface area contributed by atoms with Crippen LogP contribution in [-0.2, 0) is 17.8 Å². The third-order valence-corrected chi connectivity index (χ3v) is 4.05. The van der Waals surface area contributed by atoms with Crippen molar-refractivity contribution in [3.8, 4) is 0 Å². The number of anilines is 1. The Morgan fingerprint density at radius 1 is 1.43 bits per heavy atom. The first-order chi connectivity index (χ1) is 9.97. The second-order valence-corrected chi connectivity index (χ2v) is 5.31. The molecule has 0 aromatic carbocycles. The number of halogens is 1. The summed E-state index contributed by atoms with van der Waals surface area (Å²) in [5, 5.41) is 8.63. The highest BCUT2D eigenvalue weighted by Gasteiger charge is 2.18. The fourth-order valence-corrected chi connectivity index (χ4v) is 2.46. The van der Waals surface area contributed by atoms with E-state index in [0.29, 0.717) is 18.8 Å². The molecule has 0 fully saturated rings. The van der Waals surface area contributed by atoms with Crippen LogP contribution in [-0.4, -0.2) is 32.1 Å². The van der Waals surface area contributed by atoms with Gasteiger partial charge in [-0.05, 0) is 36.7 Å². The molecule has 21 heavy (non-hydrogen) atoms. The van der Waals surface area contributed by atoms with Crippen molar-refractivity contribution < 1.29 is 9.53 Å². The molecule has 0 amide bonds. The fraction of sp³-hybridized carbons (Fsp3) is 0.462. The Hall–Kier alpha value is -1.83. The van der Waals surface area contributed by atoms with E-state index in [4.69, 9.17) is 10.5 Å². The molecule has 114 valence electrons. The Bertz CT molecular complexity index is 662. The lowest BCUT2D eigenvalue weighted by atomic mass is 10.3. The van der Waals surface area contributed by atoms with Gasteiger partial charge in [0.2, 0.25) is 0 Å². The lowest BCUT2D eigenvalue weighted by Crippen LogP contribution is -2.11. The zero-order valence-corrected chi connectivity index (χ0v) is 13.8. The van der Waals surface area contributed by atoms with Crippen LogP contribution >= 0.6 is 15.9 Å². The fourth-order valence-electron chi connectivity index (χ4n) is 2.05. The van der Waals surface area contributed by atoms with Crippen LogP contribution in [0.3, 0.4) is 0 Å². The van der Waals surface area contributed by atoms with Gasteiger partial charge in [0.15, 0.2) is 5.69 Å². The average molecular weight is 356 g/mol. The van der Waals surface area contributed by atoms with E-state index in [2.05, 4.69) is 26.1 Å². The van der Waals surface area contributed by atoms with E-state index >= 15 is 0 Å². The largest absolute Gasteiger partial charge is 0.461 e. The number of esters is 1. The molecule has 2 aromatic rings. The summed E-state index contributed by atoms with van der Waals surface area (Å²) in [5.74, 6) is -0.506. The molecule has 2 N–H and O–H groups in total. The summed E-state index contributed by atoms with van der Waals surface area (Å²) in [5.41, 5.74) is 8.17. The highest BCUT2D eigenvalue weighted by molar-refractivity contribution is 9.10. The number of hydrogen-bond acceptors (Lipinski definition) is 5. The van der Waals surface area contributed by atoms with Crippen molar-refractivity contribution in [3.05, 3.63) is 27.8 Å². The maximum absolute atomic E-state index is 11.7. The highest BCUT2D eigenvalue weighted by Crippen LogP contribution is 2.22. The molecule has 0 unspecified atom stereocenters. The van der Waals surface area contributed by atoms with Crippen molar-refractivity contribution >= 4 is 27.6 Å². The van der Waals surface area contributed by atoms with Crippen LogP contribution in [0.1, 0.15) is 35.7 Å². The number of aryl methyl sites for hydroxylation is 2. The second-order valence-electron chi connectivity index (χ2n) is 4.51. The summed E-state index contributed by atoms with van der Waals surface area (Å²) in [6.07, 6.45) is 1.63. The Labute approximate surface area is 131 Å². The molecule has 0 spiro atoms. The summed E-state index contributed by atoms with van der Waals surface area (Å²) >= 11 is 3.53. The minimum Gasteiger partial charge on any atom is -0.461 e. The maximum Gasteiger partial charge on any atom is 0.361 e. The van der Waals surface area contributed by atoms with Crippen LogP contribution in [0.5, 0.6) is 0 Å². The van der Waals surface area contributed by atoms with Gasteiger partial charge >= 0.3 is 5.97 Å². The van der Waals surface area contributed by atoms with E-state index in [1.165, 1.54) is 0 Å². The van der Waals surface area contributed by atoms with E-state index in [-0.39, 0.29) is 5.69 Å². The van der Waals surface area contributed by atoms with Gasteiger partial charge < -0.3 is 10.5 Å². The van der Waals surface area contributed by atoms with Gasteiger partial charge in [0.25, 0.3) is 0 Å². The molecule has 0 aliphatic heterocycles. The molecular formula is C13H18BrN5O2. The highest BCUT2D eigenvalue weighted by atomic mass is 79.9. The van der Waals surface area contributed by atoms with Gasteiger partial charge in [0.05, 0.1) is 34.7 Å². The summed E-state index contributed by atoms with van der Waals surface area (Å²) in [4.78, 5) is 11.7. The number of carbonyl (C=O) groups excluding carboxylic acids is 1. The zero-order chi connectivity index (χ0) is 15.6. The zero-order valence-electron chi connectivity index (χ0n) is 12.3. The first-order valence-corrected chi connectivity index (χ1v) is 7.49. The Balaban J connectivity index is 2.29. The van der Waals surface area contributed by atoms with Gasteiger partial charge in [0, 0.05) is 12.7 Å².